The van der Waals surface area contributed by atoms with E-state index in [2.05, 4.69) is 21.1 Å². The van der Waals surface area contributed by atoms with E-state index in [-0.39, 0.29) is 5.75 Å². The average Bonchev–Trinajstić information content (AvgIpc) is 2.53. The number of nitriles is 1. The molecule has 22 heavy (non-hydrogen) atoms. The van der Waals surface area contributed by atoms with Crippen molar-refractivity contribution in [1.29, 1.82) is 5.26 Å². The molecule has 0 atom stereocenters. The molecule has 0 unspecified atom stereocenters. The van der Waals surface area contributed by atoms with E-state index in [0.717, 1.165) is 31.4 Å². The van der Waals surface area contributed by atoms with Gasteiger partial charge in [0.15, 0.2) is 0 Å². The van der Waals surface area contributed by atoms with E-state index in [1.165, 1.54) is 5.56 Å². The van der Waals surface area contributed by atoms with Crippen LogP contribution in [0.25, 0.3) is 0 Å². The van der Waals surface area contributed by atoms with Crippen LogP contribution in [0.15, 0.2) is 6.07 Å². The maximum Gasteiger partial charge on any atom is 0.211 e. The number of aromatic nitrogens is 1. The average molecular weight is 322 g/mol. The molecule has 0 saturated carbocycles. The fourth-order valence-electron chi connectivity index (χ4n) is 2.48. The van der Waals surface area contributed by atoms with Crippen LogP contribution in [0, 0.1) is 11.3 Å². The zero-order chi connectivity index (χ0) is 16.0. The molecule has 0 fully saturated rings. The molecule has 0 radical (unpaired) electrons. The SMILES string of the molecule is CCS(=O)(=O)NCCCNc1nc2c(cc1C#N)CCCC2. The Morgan fingerprint density at radius 3 is 2.82 bits per heavy atom. The number of rotatable bonds is 7. The highest BCUT2D eigenvalue weighted by atomic mass is 32.2. The van der Waals surface area contributed by atoms with Gasteiger partial charge in [-0.25, -0.2) is 18.1 Å². The van der Waals surface area contributed by atoms with Gasteiger partial charge in [-0.15, -0.1) is 0 Å². The molecule has 2 rings (SSSR count). The van der Waals surface area contributed by atoms with Crippen LogP contribution in [0.1, 0.15) is 43.0 Å². The van der Waals surface area contributed by atoms with Gasteiger partial charge >= 0.3 is 0 Å². The van der Waals surface area contributed by atoms with Crippen LogP contribution in [0.4, 0.5) is 5.82 Å². The molecule has 1 aliphatic carbocycles. The summed E-state index contributed by atoms with van der Waals surface area (Å²) in [5.41, 5.74) is 2.83. The van der Waals surface area contributed by atoms with Crippen LogP contribution >= 0.6 is 0 Å². The lowest BCUT2D eigenvalue weighted by atomic mass is 9.95. The van der Waals surface area contributed by atoms with Gasteiger partial charge in [0.05, 0.1) is 11.3 Å². The Bertz CT molecular complexity index is 665. The second kappa shape index (κ2) is 7.56. The molecule has 0 aromatic carbocycles. The number of fused-ring (bicyclic) bond motifs is 1. The number of aryl methyl sites for hydroxylation is 2. The molecule has 7 heteroatoms. The molecule has 1 aromatic rings. The van der Waals surface area contributed by atoms with E-state index < -0.39 is 10.0 Å². The topological polar surface area (TPSA) is 94.9 Å². The summed E-state index contributed by atoms with van der Waals surface area (Å²) in [6, 6.07) is 4.12. The monoisotopic (exact) mass is 322 g/mol. The van der Waals surface area contributed by atoms with Crippen molar-refractivity contribution in [1.82, 2.24) is 9.71 Å². The number of anilines is 1. The maximum atomic E-state index is 11.3. The molecular weight excluding hydrogens is 300 g/mol. The predicted octanol–water partition coefficient (Wildman–Crippen LogP) is 1.57. The normalized spacial score (nSPS) is 14.2. The third kappa shape index (κ3) is 4.42. The minimum atomic E-state index is -3.14. The molecule has 0 spiro atoms. The highest BCUT2D eigenvalue weighted by Crippen LogP contribution is 2.24. The Kier molecular flexibility index (Phi) is 5.75. The maximum absolute atomic E-state index is 11.3. The molecule has 120 valence electrons. The van der Waals surface area contributed by atoms with Crippen LogP contribution in [-0.4, -0.2) is 32.2 Å². The number of hydrogen-bond donors (Lipinski definition) is 2. The number of sulfonamides is 1. The third-order valence-corrected chi connectivity index (χ3v) is 5.17. The summed E-state index contributed by atoms with van der Waals surface area (Å²) in [6.45, 7) is 2.57. The minimum Gasteiger partial charge on any atom is -0.369 e. The Labute approximate surface area is 132 Å². The zero-order valence-corrected chi connectivity index (χ0v) is 13.7. The van der Waals surface area contributed by atoms with Gasteiger partial charge in [0, 0.05) is 18.8 Å². The quantitative estimate of drug-likeness (QED) is 0.743. The van der Waals surface area contributed by atoms with Gasteiger partial charge in [0.2, 0.25) is 10.0 Å². The number of pyridine rings is 1. The molecule has 1 heterocycles. The predicted molar refractivity (Wildman–Crippen MR) is 86.2 cm³/mol. The number of nitrogens with one attached hydrogen (secondary N) is 2. The summed E-state index contributed by atoms with van der Waals surface area (Å²) in [5, 5.41) is 12.4. The van der Waals surface area contributed by atoms with Crippen molar-refractivity contribution >= 4 is 15.8 Å². The second-order valence-corrected chi connectivity index (χ2v) is 7.48. The fraction of sp³-hybridized carbons (Fsp3) is 0.600. The van der Waals surface area contributed by atoms with E-state index in [0.29, 0.717) is 30.9 Å². The van der Waals surface area contributed by atoms with Crippen molar-refractivity contribution in [3.8, 4) is 6.07 Å². The van der Waals surface area contributed by atoms with E-state index in [4.69, 9.17) is 0 Å². The first-order chi connectivity index (χ1) is 10.6. The van der Waals surface area contributed by atoms with Crippen molar-refractivity contribution in [2.45, 2.75) is 39.0 Å². The van der Waals surface area contributed by atoms with E-state index in [1.807, 2.05) is 6.07 Å². The number of nitrogens with zero attached hydrogens (tertiary/aromatic N) is 2. The first-order valence-corrected chi connectivity index (χ1v) is 9.35. The van der Waals surface area contributed by atoms with Gasteiger partial charge in [0.25, 0.3) is 0 Å². The van der Waals surface area contributed by atoms with Crippen molar-refractivity contribution in [2.75, 3.05) is 24.2 Å². The summed E-state index contributed by atoms with van der Waals surface area (Å²) in [6.07, 6.45) is 4.90. The van der Waals surface area contributed by atoms with Gasteiger partial charge in [-0.1, -0.05) is 0 Å². The van der Waals surface area contributed by atoms with Gasteiger partial charge in [0.1, 0.15) is 11.9 Å². The summed E-state index contributed by atoms with van der Waals surface area (Å²) in [4.78, 5) is 4.57. The van der Waals surface area contributed by atoms with Gasteiger partial charge in [-0.05, 0) is 50.7 Å². The first kappa shape index (κ1) is 16.7. The molecule has 0 amide bonds. The van der Waals surface area contributed by atoms with E-state index >= 15 is 0 Å². The summed E-state index contributed by atoms with van der Waals surface area (Å²) < 4.78 is 25.1. The molecule has 0 bridgehead atoms. The number of hydrogen-bond acceptors (Lipinski definition) is 5. The standard InChI is InChI=1S/C15H22N4O2S/c1-2-22(20,21)18-9-5-8-17-15-13(11-16)10-12-6-3-4-7-14(12)19-15/h10,18H,2-9H2,1H3,(H,17,19). The third-order valence-electron chi connectivity index (χ3n) is 3.77. The van der Waals surface area contributed by atoms with Gasteiger partial charge in [-0.3, -0.25) is 0 Å². The zero-order valence-electron chi connectivity index (χ0n) is 12.9. The molecule has 6 nitrogen and oxygen atoms in total. The highest BCUT2D eigenvalue weighted by molar-refractivity contribution is 7.89. The van der Waals surface area contributed by atoms with E-state index in [9.17, 15) is 13.7 Å². The van der Waals surface area contributed by atoms with E-state index in [1.54, 1.807) is 6.92 Å². The fourth-order valence-corrected chi connectivity index (χ4v) is 3.14. The van der Waals surface area contributed by atoms with Crippen LogP contribution in [-0.2, 0) is 22.9 Å². The molecule has 2 N–H and O–H groups in total. The Hall–Kier alpha value is -1.65. The lowest BCUT2D eigenvalue weighted by Crippen LogP contribution is -2.27. The Balaban J connectivity index is 1.91. The van der Waals surface area contributed by atoms with Crippen molar-refractivity contribution < 1.29 is 8.42 Å². The Morgan fingerprint density at radius 1 is 1.32 bits per heavy atom. The largest absolute Gasteiger partial charge is 0.369 e. The molecular formula is C15H22N4O2S. The van der Waals surface area contributed by atoms with Crippen molar-refractivity contribution in [3.05, 3.63) is 22.9 Å². The van der Waals surface area contributed by atoms with Crippen LogP contribution in [0.5, 0.6) is 0 Å². The molecule has 0 saturated heterocycles. The summed E-state index contributed by atoms with van der Waals surface area (Å²) >= 11 is 0. The summed E-state index contributed by atoms with van der Waals surface area (Å²) in [7, 11) is -3.14. The van der Waals surface area contributed by atoms with Gasteiger partial charge in [-0.2, -0.15) is 5.26 Å². The highest BCUT2D eigenvalue weighted by Gasteiger charge is 2.14. The molecule has 1 aliphatic rings. The van der Waals surface area contributed by atoms with Crippen molar-refractivity contribution in [3.63, 3.8) is 0 Å². The molecule has 0 aliphatic heterocycles. The minimum absolute atomic E-state index is 0.0887. The lowest BCUT2D eigenvalue weighted by molar-refractivity contribution is 0.581. The Morgan fingerprint density at radius 2 is 2.09 bits per heavy atom. The summed E-state index contributed by atoms with van der Waals surface area (Å²) in [5.74, 6) is 0.701. The van der Waals surface area contributed by atoms with Crippen LogP contribution < -0.4 is 10.0 Å². The van der Waals surface area contributed by atoms with Crippen molar-refractivity contribution in [2.24, 2.45) is 0 Å². The lowest BCUT2D eigenvalue weighted by Gasteiger charge is -2.17. The van der Waals surface area contributed by atoms with Crippen LogP contribution in [0.3, 0.4) is 0 Å². The molecule has 1 aromatic heterocycles. The van der Waals surface area contributed by atoms with Gasteiger partial charge < -0.3 is 5.32 Å². The first-order valence-electron chi connectivity index (χ1n) is 7.70. The van der Waals surface area contributed by atoms with Crippen LogP contribution in [0.2, 0.25) is 0 Å². The second-order valence-electron chi connectivity index (χ2n) is 5.39. The smallest absolute Gasteiger partial charge is 0.211 e.